The summed E-state index contributed by atoms with van der Waals surface area (Å²) in [6.45, 7) is 2.61. The Labute approximate surface area is 118 Å². The molecular formula is C10H12BrN3O2S2. The van der Waals surface area contributed by atoms with Crippen molar-refractivity contribution in [3.05, 3.63) is 32.7 Å². The summed E-state index contributed by atoms with van der Waals surface area (Å²) in [6, 6.07) is 1.85. The van der Waals surface area contributed by atoms with E-state index in [-0.39, 0.29) is 11.5 Å². The fourth-order valence-corrected chi connectivity index (χ4v) is 4.98. The van der Waals surface area contributed by atoms with E-state index in [2.05, 4.69) is 26.2 Å². The van der Waals surface area contributed by atoms with E-state index in [1.807, 2.05) is 18.4 Å². The van der Waals surface area contributed by atoms with Crippen molar-refractivity contribution in [2.75, 3.05) is 0 Å². The van der Waals surface area contributed by atoms with E-state index in [1.165, 1.54) is 11.3 Å². The van der Waals surface area contributed by atoms with Crippen LogP contribution in [0.4, 0.5) is 0 Å². The molecule has 0 saturated heterocycles. The molecule has 0 amide bonds. The smallest absolute Gasteiger partial charge is 0.161 e. The van der Waals surface area contributed by atoms with Crippen LogP contribution in [0.5, 0.6) is 0 Å². The number of nitrogens with zero attached hydrogens (tertiary/aromatic N) is 3. The Balaban J connectivity index is 2.10. The Morgan fingerprint density at radius 1 is 1.44 bits per heavy atom. The molecule has 2 heterocycles. The number of aromatic nitrogens is 3. The van der Waals surface area contributed by atoms with Gasteiger partial charge in [0, 0.05) is 22.1 Å². The van der Waals surface area contributed by atoms with Crippen LogP contribution >= 0.6 is 27.3 Å². The summed E-state index contributed by atoms with van der Waals surface area (Å²) in [7, 11) is -3.21. The maximum absolute atomic E-state index is 12.0. The Kier molecular flexibility index (Phi) is 4.18. The summed E-state index contributed by atoms with van der Waals surface area (Å²) >= 11 is 4.76. The molecule has 0 spiro atoms. The minimum Gasteiger partial charge on any atom is -0.253 e. The monoisotopic (exact) mass is 349 g/mol. The molecule has 0 saturated carbocycles. The highest BCUT2D eigenvalue weighted by Gasteiger charge is 2.17. The van der Waals surface area contributed by atoms with Gasteiger partial charge >= 0.3 is 0 Å². The van der Waals surface area contributed by atoms with Gasteiger partial charge in [-0.25, -0.2) is 8.42 Å². The number of rotatable bonds is 5. The lowest BCUT2D eigenvalue weighted by molar-refractivity contribution is 0.594. The summed E-state index contributed by atoms with van der Waals surface area (Å²) in [6.07, 6.45) is 1.67. The Hall–Kier alpha value is -0.730. The Morgan fingerprint density at radius 2 is 2.22 bits per heavy atom. The molecule has 0 radical (unpaired) electrons. The average Bonchev–Trinajstić information content (AvgIpc) is 2.88. The van der Waals surface area contributed by atoms with Crippen molar-refractivity contribution >= 4 is 37.1 Å². The Morgan fingerprint density at radius 3 is 2.78 bits per heavy atom. The number of thiophene rings is 1. The van der Waals surface area contributed by atoms with Gasteiger partial charge in [0.15, 0.2) is 9.84 Å². The largest absolute Gasteiger partial charge is 0.253 e. The fraction of sp³-hybridized carbons (Fsp3) is 0.400. The normalized spacial score (nSPS) is 11.9. The zero-order valence-electron chi connectivity index (χ0n) is 9.71. The summed E-state index contributed by atoms with van der Waals surface area (Å²) in [4.78, 5) is 0.817. The van der Waals surface area contributed by atoms with Gasteiger partial charge in [-0.2, -0.15) is 0 Å². The Bertz CT molecular complexity index is 633. The molecule has 5 nitrogen and oxygen atoms in total. The maximum Gasteiger partial charge on any atom is 0.161 e. The molecule has 0 fully saturated rings. The third-order valence-electron chi connectivity index (χ3n) is 2.32. The molecule has 18 heavy (non-hydrogen) atoms. The average molecular weight is 350 g/mol. The SMILES string of the molecule is CCn1cc(CS(=O)(=O)Cc2sccc2Br)nn1. The first-order chi connectivity index (χ1) is 8.50. The van der Waals surface area contributed by atoms with Crippen molar-refractivity contribution in [3.63, 3.8) is 0 Å². The first-order valence-electron chi connectivity index (χ1n) is 5.31. The molecule has 0 unspecified atom stereocenters. The van der Waals surface area contributed by atoms with Crippen LogP contribution in [0.1, 0.15) is 17.5 Å². The zero-order chi connectivity index (χ0) is 13.2. The van der Waals surface area contributed by atoms with Gasteiger partial charge in [-0.3, -0.25) is 4.68 Å². The summed E-state index contributed by atoms with van der Waals surface area (Å²) in [5.41, 5.74) is 0.490. The molecule has 0 atom stereocenters. The molecule has 0 aliphatic rings. The van der Waals surface area contributed by atoms with Crippen molar-refractivity contribution < 1.29 is 8.42 Å². The fourth-order valence-electron chi connectivity index (χ4n) is 1.46. The number of hydrogen-bond donors (Lipinski definition) is 0. The molecule has 2 aromatic rings. The second-order valence-corrected chi connectivity index (χ2v) is 7.71. The molecule has 2 aromatic heterocycles. The second kappa shape index (κ2) is 5.50. The number of aryl methyl sites for hydroxylation is 1. The standard InChI is InChI=1S/C10H12BrN3O2S2/c1-2-14-5-8(12-13-14)6-18(15,16)7-10-9(11)3-4-17-10/h3-5H,2,6-7H2,1H3. The first-order valence-corrected chi connectivity index (χ1v) is 8.81. The van der Waals surface area contributed by atoms with Crippen LogP contribution in [0.15, 0.2) is 22.1 Å². The minimum atomic E-state index is -3.21. The van der Waals surface area contributed by atoms with E-state index in [4.69, 9.17) is 0 Å². The molecule has 2 rings (SSSR count). The molecule has 0 N–H and O–H groups in total. The van der Waals surface area contributed by atoms with Gasteiger partial charge in [0.25, 0.3) is 0 Å². The van der Waals surface area contributed by atoms with Crippen molar-refractivity contribution in [2.24, 2.45) is 0 Å². The van der Waals surface area contributed by atoms with Gasteiger partial charge in [0.2, 0.25) is 0 Å². The molecule has 0 aromatic carbocycles. The van der Waals surface area contributed by atoms with E-state index in [0.717, 1.165) is 9.35 Å². The van der Waals surface area contributed by atoms with Crippen LogP contribution in [0, 0.1) is 0 Å². The van der Waals surface area contributed by atoms with Gasteiger partial charge in [-0.05, 0) is 34.3 Å². The molecule has 8 heteroatoms. The predicted molar refractivity (Wildman–Crippen MR) is 74.0 cm³/mol. The van der Waals surface area contributed by atoms with Crippen LogP contribution in [-0.2, 0) is 27.9 Å². The lowest BCUT2D eigenvalue weighted by Crippen LogP contribution is -2.07. The van der Waals surface area contributed by atoms with Crippen LogP contribution in [0.25, 0.3) is 0 Å². The summed E-state index contributed by atoms with van der Waals surface area (Å²) < 4.78 is 26.5. The van der Waals surface area contributed by atoms with Crippen molar-refractivity contribution in [3.8, 4) is 0 Å². The lowest BCUT2D eigenvalue weighted by atomic mass is 10.5. The minimum absolute atomic E-state index is 0.0320. The highest BCUT2D eigenvalue weighted by molar-refractivity contribution is 9.10. The van der Waals surface area contributed by atoms with Gasteiger partial charge in [-0.1, -0.05) is 5.21 Å². The highest BCUT2D eigenvalue weighted by Crippen LogP contribution is 2.25. The molecule has 0 aliphatic heterocycles. The van der Waals surface area contributed by atoms with E-state index < -0.39 is 9.84 Å². The summed E-state index contributed by atoms with van der Waals surface area (Å²) in [5, 5.41) is 9.54. The van der Waals surface area contributed by atoms with Crippen molar-refractivity contribution in [1.29, 1.82) is 0 Å². The van der Waals surface area contributed by atoms with Crippen molar-refractivity contribution in [2.45, 2.75) is 25.0 Å². The topological polar surface area (TPSA) is 64.8 Å². The maximum atomic E-state index is 12.0. The van der Waals surface area contributed by atoms with E-state index >= 15 is 0 Å². The number of sulfone groups is 1. The van der Waals surface area contributed by atoms with Crippen LogP contribution < -0.4 is 0 Å². The van der Waals surface area contributed by atoms with Gasteiger partial charge < -0.3 is 0 Å². The molecular weight excluding hydrogens is 338 g/mol. The number of hydrogen-bond acceptors (Lipinski definition) is 5. The predicted octanol–water partition coefficient (Wildman–Crippen LogP) is 2.24. The molecule has 0 aliphatic carbocycles. The van der Waals surface area contributed by atoms with E-state index in [0.29, 0.717) is 12.2 Å². The van der Waals surface area contributed by atoms with Gasteiger partial charge in [0.05, 0.1) is 17.2 Å². The quantitative estimate of drug-likeness (QED) is 0.830. The van der Waals surface area contributed by atoms with Crippen LogP contribution in [0.2, 0.25) is 0 Å². The van der Waals surface area contributed by atoms with Gasteiger partial charge in [-0.15, -0.1) is 16.4 Å². The van der Waals surface area contributed by atoms with Crippen LogP contribution in [-0.4, -0.2) is 23.4 Å². The third-order valence-corrected chi connectivity index (χ3v) is 5.89. The van der Waals surface area contributed by atoms with Gasteiger partial charge in [0.1, 0.15) is 0 Å². The van der Waals surface area contributed by atoms with Crippen LogP contribution in [0.3, 0.4) is 0 Å². The lowest BCUT2D eigenvalue weighted by Gasteiger charge is -2.00. The van der Waals surface area contributed by atoms with Crippen molar-refractivity contribution in [1.82, 2.24) is 15.0 Å². The second-order valence-electron chi connectivity index (χ2n) is 3.79. The first kappa shape index (κ1) is 13.7. The highest BCUT2D eigenvalue weighted by atomic mass is 79.9. The van der Waals surface area contributed by atoms with E-state index in [9.17, 15) is 8.42 Å². The zero-order valence-corrected chi connectivity index (χ0v) is 12.9. The third kappa shape index (κ3) is 3.39. The molecule has 0 bridgehead atoms. The van der Waals surface area contributed by atoms with E-state index in [1.54, 1.807) is 10.9 Å². The summed E-state index contributed by atoms with van der Waals surface area (Å²) in [5.74, 6) is -0.0401. The number of halogens is 1. The molecule has 98 valence electrons.